The SMILES string of the molecule is COc1ccc(C(OC[C@H]2OC(O[C@H]3[C@H](OCc4ccccc4)[C@@H](OCc4ccccc4)[C@@H](O)O[C@@H]3COCc3ccccc3)[C@H](OCc3ccccc3)[C@@H](OCc3ccccc3)[C@@H]2OCc2ccccc2)(c2ccccc2)c2ccc(OC)cc2)cc1. The molecule has 1 unspecified atom stereocenters. The molecule has 9 aromatic rings. The summed E-state index contributed by atoms with van der Waals surface area (Å²) in [4.78, 5) is 0. The molecule has 2 fully saturated rings. The van der Waals surface area contributed by atoms with E-state index in [0.717, 1.165) is 50.1 Å². The first-order chi connectivity index (χ1) is 43.4. The number of methoxy groups -OCH3 is 2. The highest BCUT2D eigenvalue weighted by Gasteiger charge is 2.55. The highest BCUT2D eigenvalue weighted by Crippen LogP contribution is 2.44. The van der Waals surface area contributed by atoms with Crippen molar-refractivity contribution >= 4 is 0 Å². The number of aliphatic hydroxyl groups is 1. The van der Waals surface area contributed by atoms with Crippen LogP contribution in [0.15, 0.2) is 261 Å². The van der Waals surface area contributed by atoms with Gasteiger partial charge in [0, 0.05) is 0 Å². The molecule has 0 bridgehead atoms. The molecule has 0 aromatic heterocycles. The predicted molar refractivity (Wildman–Crippen MR) is 334 cm³/mol. The minimum absolute atomic E-state index is 0.0118. The maximum atomic E-state index is 12.3. The Kier molecular flexibility index (Phi) is 22.0. The summed E-state index contributed by atoms with van der Waals surface area (Å²) >= 11 is 0. The highest BCUT2D eigenvalue weighted by atomic mass is 16.8. The van der Waals surface area contributed by atoms with Gasteiger partial charge in [0.1, 0.15) is 65.9 Å². The smallest absolute Gasteiger partial charge is 0.187 e. The number of hydrogen-bond acceptors (Lipinski definition) is 13. The number of hydrogen-bond donors (Lipinski definition) is 1. The quantitative estimate of drug-likeness (QED) is 0.0447. The topological polar surface area (TPSA) is 131 Å². The molecular weight excluding hydrogens is 1110 g/mol. The summed E-state index contributed by atoms with van der Waals surface area (Å²) in [6, 6.07) is 85.5. The van der Waals surface area contributed by atoms with Crippen molar-refractivity contribution in [2.24, 2.45) is 0 Å². The van der Waals surface area contributed by atoms with Gasteiger partial charge in [-0.2, -0.15) is 0 Å². The predicted octanol–water partition coefficient (Wildman–Crippen LogP) is 13.0. The number of rotatable bonds is 29. The molecule has 11 rings (SSSR count). The lowest BCUT2D eigenvalue weighted by molar-refractivity contribution is -0.375. The summed E-state index contributed by atoms with van der Waals surface area (Å²) in [6.45, 7) is 0.983. The molecule has 1 N–H and O–H groups in total. The third kappa shape index (κ3) is 15.9. The third-order valence-corrected chi connectivity index (χ3v) is 15.9. The fraction of sp³-hybridized carbons (Fsp3) is 0.280. The molecule has 0 radical (unpaired) electrons. The van der Waals surface area contributed by atoms with Crippen molar-refractivity contribution in [1.82, 2.24) is 0 Å². The summed E-state index contributed by atoms with van der Waals surface area (Å²) in [7, 11) is 3.30. The zero-order valence-electron chi connectivity index (χ0n) is 49.6. The van der Waals surface area contributed by atoms with Crippen molar-refractivity contribution in [3.05, 3.63) is 311 Å². The fourth-order valence-corrected chi connectivity index (χ4v) is 11.4. The van der Waals surface area contributed by atoms with Gasteiger partial charge in [-0.25, -0.2) is 0 Å². The minimum atomic E-state index is -1.46. The molecule has 88 heavy (non-hydrogen) atoms. The van der Waals surface area contributed by atoms with Crippen LogP contribution in [0.4, 0.5) is 0 Å². The summed E-state index contributed by atoms with van der Waals surface area (Å²) < 4.78 is 83.2. The molecule has 13 nitrogen and oxygen atoms in total. The van der Waals surface area contributed by atoms with Crippen LogP contribution in [-0.4, -0.2) is 94.0 Å². The molecular formula is C75H76O13. The molecule has 13 heteroatoms. The van der Waals surface area contributed by atoms with Gasteiger partial charge in [-0.1, -0.05) is 237 Å². The van der Waals surface area contributed by atoms with Crippen molar-refractivity contribution in [2.75, 3.05) is 27.4 Å². The molecule has 2 aliphatic rings. The molecule has 0 amide bonds. The summed E-state index contributed by atoms with van der Waals surface area (Å²) in [5.74, 6) is 1.37. The standard InChI is InChI=1S/C75H76O13/c1-77-63-42-38-61(39-43-63)75(60-36-22-9-23-37-60,62-40-44-64(78-2)45-41-62)85-53-66-67(80-47-55-26-12-4-13-27-55)69(81-48-56-28-14-5-15-29-56)72(84-51-59-34-20-8-21-35-59)74(87-66)88-68-65(52-79-46-54-24-10-3-11-25-54)86-73(76)71(83-50-58-32-18-7-19-33-58)70(68)82-49-57-30-16-6-17-31-57/h3-45,65-74,76H,46-53H2,1-2H3/t65-,66-,67-,68-,69+,70+,71-,72-,73+,74?/m1/s1. The Hall–Kier alpha value is -7.86. The van der Waals surface area contributed by atoms with Gasteiger partial charge in [-0.05, 0) is 74.3 Å². The van der Waals surface area contributed by atoms with E-state index in [0.29, 0.717) is 11.5 Å². The monoisotopic (exact) mass is 1180 g/mol. The van der Waals surface area contributed by atoms with Crippen LogP contribution >= 0.6 is 0 Å². The van der Waals surface area contributed by atoms with E-state index in [1.165, 1.54) is 0 Å². The Bertz CT molecular complexity index is 3360. The van der Waals surface area contributed by atoms with Gasteiger partial charge in [0.05, 0.1) is 67.1 Å². The van der Waals surface area contributed by atoms with E-state index in [-0.39, 0.29) is 52.9 Å². The van der Waals surface area contributed by atoms with E-state index in [1.54, 1.807) is 14.2 Å². The van der Waals surface area contributed by atoms with Gasteiger partial charge in [0.2, 0.25) is 0 Å². The van der Waals surface area contributed by atoms with Crippen LogP contribution in [-0.2, 0) is 92.6 Å². The van der Waals surface area contributed by atoms with Gasteiger partial charge >= 0.3 is 0 Å². The van der Waals surface area contributed by atoms with Gasteiger partial charge in [0.15, 0.2) is 12.6 Å². The Morgan fingerprint density at radius 2 is 0.659 bits per heavy atom. The normalized spacial score (nSPS) is 22.0. The van der Waals surface area contributed by atoms with Crippen LogP contribution in [0.5, 0.6) is 11.5 Å². The molecule has 0 spiro atoms. The van der Waals surface area contributed by atoms with Crippen LogP contribution in [0.25, 0.3) is 0 Å². The van der Waals surface area contributed by atoms with E-state index in [9.17, 15) is 5.11 Å². The van der Waals surface area contributed by atoms with Crippen LogP contribution in [0.2, 0.25) is 0 Å². The molecule has 2 aliphatic heterocycles. The maximum absolute atomic E-state index is 12.3. The summed E-state index contributed by atoms with van der Waals surface area (Å²) in [6.07, 6.45) is -10.5. The lowest BCUT2D eigenvalue weighted by atomic mass is 9.80. The molecule has 0 saturated carbocycles. The Morgan fingerprint density at radius 1 is 0.330 bits per heavy atom. The van der Waals surface area contributed by atoms with Gasteiger partial charge in [0.25, 0.3) is 0 Å². The molecule has 454 valence electrons. The Balaban J connectivity index is 1.05. The fourth-order valence-electron chi connectivity index (χ4n) is 11.4. The third-order valence-electron chi connectivity index (χ3n) is 15.9. The Morgan fingerprint density at radius 3 is 1.07 bits per heavy atom. The Labute approximate surface area is 516 Å². The molecule has 2 saturated heterocycles. The zero-order chi connectivity index (χ0) is 60.2. The molecule has 9 aromatic carbocycles. The van der Waals surface area contributed by atoms with Crippen LogP contribution < -0.4 is 9.47 Å². The van der Waals surface area contributed by atoms with Crippen LogP contribution in [0.1, 0.15) is 50.1 Å². The lowest BCUT2D eigenvalue weighted by Crippen LogP contribution is -2.66. The van der Waals surface area contributed by atoms with E-state index < -0.39 is 67.0 Å². The van der Waals surface area contributed by atoms with Crippen molar-refractivity contribution < 1.29 is 61.9 Å². The van der Waals surface area contributed by atoms with E-state index in [4.69, 9.17) is 56.8 Å². The highest BCUT2D eigenvalue weighted by molar-refractivity contribution is 5.50. The lowest BCUT2D eigenvalue weighted by Gasteiger charge is -2.50. The second-order valence-electron chi connectivity index (χ2n) is 21.8. The molecule has 2 heterocycles. The van der Waals surface area contributed by atoms with E-state index in [1.807, 2.05) is 249 Å². The second-order valence-corrected chi connectivity index (χ2v) is 21.8. The first-order valence-corrected chi connectivity index (χ1v) is 30.0. The zero-order valence-corrected chi connectivity index (χ0v) is 49.6. The number of ether oxygens (including phenoxy) is 12. The van der Waals surface area contributed by atoms with Gasteiger partial charge in [-0.15, -0.1) is 0 Å². The summed E-state index contributed by atoms with van der Waals surface area (Å²) in [5, 5.41) is 12.3. The second kappa shape index (κ2) is 31.4. The molecule has 0 aliphatic carbocycles. The minimum Gasteiger partial charge on any atom is -0.497 e. The van der Waals surface area contributed by atoms with Crippen molar-refractivity contribution in [1.29, 1.82) is 0 Å². The number of benzene rings is 9. The van der Waals surface area contributed by atoms with Crippen LogP contribution in [0, 0.1) is 0 Å². The van der Waals surface area contributed by atoms with E-state index in [2.05, 4.69) is 12.1 Å². The largest absolute Gasteiger partial charge is 0.497 e. The van der Waals surface area contributed by atoms with E-state index >= 15 is 0 Å². The van der Waals surface area contributed by atoms with Crippen molar-refractivity contribution in [2.45, 2.75) is 107 Å². The van der Waals surface area contributed by atoms with Gasteiger partial charge in [-0.3, -0.25) is 0 Å². The average molecular weight is 1190 g/mol. The summed E-state index contributed by atoms with van der Waals surface area (Å²) in [5.41, 5.74) is 6.78. The maximum Gasteiger partial charge on any atom is 0.187 e. The van der Waals surface area contributed by atoms with Crippen LogP contribution in [0.3, 0.4) is 0 Å². The van der Waals surface area contributed by atoms with Gasteiger partial charge < -0.3 is 61.9 Å². The number of aliphatic hydroxyl groups excluding tert-OH is 1. The first kappa shape index (κ1) is 61.8. The van der Waals surface area contributed by atoms with Crippen molar-refractivity contribution in [3.63, 3.8) is 0 Å². The average Bonchev–Trinajstić information content (AvgIpc) is 1.01. The first-order valence-electron chi connectivity index (χ1n) is 30.0. The molecule has 10 atom stereocenters. The van der Waals surface area contributed by atoms with Crippen molar-refractivity contribution in [3.8, 4) is 11.5 Å².